The van der Waals surface area contributed by atoms with Gasteiger partial charge in [0.2, 0.25) is 0 Å². The Kier molecular flexibility index (Phi) is 4.82. The third-order valence-electron chi connectivity index (χ3n) is 3.26. The third kappa shape index (κ3) is 3.28. The molecule has 0 aliphatic carbocycles. The highest BCUT2D eigenvalue weighted by Crippen LogP contribution is 2.12. The molecular weight excluding hydrogens is 306 g/mol. The molecule has 6 nitrogen and oxygen atoms in total. The van der Waals surface area contributed by atoms with Crippen LogP contribution in [0.4, 0.5) is 0 Å². The van der Waals surface area contributed by atoms with E-state index in [1.54, 1.807) is 38.1 Å². The molecule has 1 atom stereocenters. The molecular formula is C15H16ClN3O3. The Morgan fingerprint density at radius 3 is 2.64 bits per heavy atom. The number of aliphatic carboxylic acids is 1. The Morgan fingerprint density at radius 1 is 1.45 bits per heavy atom. The highest BCUT2D eigenvalue weighted by molar-refractivity contribution is 6.30. The molecule has 0 radical (unpaired) electrons. The number of hydrogen-bond acceptors (Lipinski definition) is 3. The summed E-state index contributed by atoms with van der Waals surface area (Å²) in [5, 5.41) is 12.5. The van der Waals surface area contributed by atoms with Crippen LogP contribution < -0.4 is 5.56 Å². The number of hydrogen-bond donors (Lipinski definition) is 2. The Hall–Kier alpha value is -2.34. The number of carbonyl (C=O) groups is 1. The lowest BCUT2D eigenvalue weighted by Crippen LogP contribution is -2.19. The monoisotopic (exact) mass is 321 g/mol. The molecule has 2 aromatic rings. The molecule has 7 heteroatoms. The van der Waals surface area contributed by atoms with Crippen LogP contribution in [0.2, 0.25) is 5.02 Å². The zero-order valence-corrected chi connectivity index (χ0v) is 13.0. The van der Waals surface area contributed by atoms with E-state index >= 15 is 0 Å². The summed E-state index contributed by atoms with van der Waals surface area (Å²) in [5.41, 5.74) is 1.31. The van der Waals surface area contributed by atoms with Gasteiger partial charge in [0.1, 0.15) is 6.04 Å². The summed E-state index contributed by atoms with van der Waals surface area (Å²) >= 11 is 5.83. The molecule has 0 aliphatic rings. The Labute approximate surface area is 132 Å². The number of carboxylic acid groups (broad SMARTS) is 1. The summed E-state index contributed by atoms with van der Waals surface area (Å²) in [6, 6.07) is 5.95. The lowest BCUT2D eigenvalue weighted by Gasteiger charge is -2.01. The SMILES string of the molecule is CC[C@@H](N=Cc1c(C)[nH]n(-c2ccc(Cl)cc2)c1=O)C(=O)O. The van der Waals surface area contributed by atoms with Crippen LogP contribution in [0.1, 0.15) is 24.6 Å². The number of rotatable bonds is 5. The van der Waals surface area contributed by atoms with Crippen molar-refractivity contribution in [2.45, 2.75) is 26.3 Å². The Bertz CT molecular complexity index is 759. The summed E-state index contributed by atoms with van der Waals surface area (Å²) in [6.07, 6.45) is 1.68. The summed E-state index contributed by atoms with van der Waals surface area (Å²) < 4.78 is 1.37. The topological polar surface area (TPSA) is 87.5 Å². The summed E-state index contributed by atoms with van der Waals surface area (Å²) in [7, 11) is 0. The molecule has 22 heavy (non-hydrogen) atoms. The molecule has 0 fully saturated rings. The Balaban J connectivity index is 2.39. The van der Waals surface area contributed by atoms with Gasteiger partial charge < -0.3 is 5.11 Å². The first-order valence-corrected chi connectivity index (χ1v) is 7.15. The second-order valence-electron chi connectivity index (χ2n) is 4.81. The fourth-order valence-electron chi connectivity index (χ4n) is 1.99. The smallest absolute Gasteiger partial charge is 0.328 e. The molecule has 0 amide bonds. The van der Waals surface area contributed by atoms with Crippen molar-refractivity contribution in [2.75, 3.05) is 0 Å². The summed E-state index contributed by atoms with van der Waals surface area (Å²) in [4.78, 5) is 27.3. The van der Waals surface area contributed by atoms with E-state index in [1.807, 2.05) is 0 Å². The molecule has 1 heterocycles. The van der Waals surface area contributed by atoms with E-state index in [4.69, 9.17) is 16.7 Å². The van der Waals surface area contributed by atoms with Crippen molar-refractivity contribution < 1.29 is 9.90 Å². The van der Waals surface area contributed by atoms with Gasteiger partial charge in [0, 0.05) is 16.9 Å². The number of benzene rings is 1. The van der Waals surface area contributed by atoms with Crippen molar-refractivity contribution in [2.24, 2.45) is 4.99 Å². The van der Waals surface area contributed by atoms with Crippen LogP contribution in [0.3, 0.4) is 0 Å². The number of nitrogens with one attached hydrogen (secondary N) is 1. The van der Waals surface area contributed by atoms with E-state index in [1.165, 1.54) is 10.9 Å². The van der Waals surface area contributed by atoms with Gasteiger partial charge in [0.25, 0.3) is 5.56 Å². The number of H-pyrrole nitrogens is 1. The van der Waals surface area contributed by atoms with Crippen LogP contribution in [0.5, 0.6) is 0 Å². The highest BCUT2D eigenvalue weighted by atomic mass is 35.5. The summed E-state index contributed by atoms with van der Waals surface area (Å²) in [6.45, 7) is 3.46. The van der Waals surface area contributed by atoms with Crippen molar-refractivity contribution >= 4 is 23.8 Å². The van der Waals surface area contributed by atoms with Crippen molar-refractivity contribution in [3.63, 3.8) is 0 Å². The van der Waals surface area contributed by atoms with Crippen LogP contribution in [-0.4, -0.2) is 33.1 Å². The van der Waals surface area contributed by atoms with Gasteiger partial charge in [0.15, 0.2) is 0 Å². The maximum absolute atomic E-state index is 12.4. The maximum Gasteiger partial charge on any atom is 0.328 e. The second-order valence-corrected chi connectivity index (χ2v) is 5.24. The van der Waals surface area contributed by atoms with Crippen LogP contribution >= 0.6 is 11.6 Å². The minimum absolute atomic E-state index is 0.288. The van der Waals surface area contributed by atoms with Crippen LogP contribution in [0, 0.1) is 6.92 Å². The molecule has 0 bridgehead atoms. The predicted octanol–water partition coefficient (Wildman–Crippen LogP) is 2.41. The third-order valence-corrected chi connectivity index (χ3v) is 3.51. The van der Waals surface area contributed by atoms with Crippen molar-refractivity contribution in [3.05, 3.63) is 50.9 Å². The van der Waals surface area contributed by atoms with Gasteiger partial charge in [-0.15, -0.1) is 0 Å². The van der Waals surface area contributed by atoms with Gasteiger partial charge in [-0.05, 0) is 37.6 Å². The van der Waals surface area contributed by atoms with E-state index < -0.39 is 12.0 Å². The average Bonchev–Trinajstić information content (AvgIpc) is 2.76. The first-order chi connectivity index (χ1) is 10.4. The molecule has 0 unspecified atom stereocenters. The van der Waals surface area contributed by atoms with E-state index in [-0.39, 0.29) is 5.56 Å². The molecule has 0 saturated heterocycles. The fraction of sp³-hybridized carbons (Fsp3) is 0.267. The maximum atomic E-state index is 12.4. The number of halogens is 1. The van der Waals surface area contributed by atoms with Gasteiger partial charge in [-0.25, -0.2) is 9.48 Å². The van der Waals surface area contributed by atoms with Gasteiger partial charge in [0.05, 0.1) is 11.3 Å². The van der Waals surface area contributed by atoms with Gasteiger partial charge in [-0.3, -0.25) is 14.9 Å². The first-order valence-electron chi connectivity index (χ1n) is 6.77. The van der Waals surface area contributed by atoms with Crippen LogP contribution in [0.15, 0.2) is 34.1 Å². The number of aromatic amines is 1. The molecule has 0 aliphatic heterocycles. The van der Waals surface area contributed by atoms with Crippen molar-refractivity contribution in [1.82, 2.24) is 9.78 Å². The van der Waals surface area contributed by atoms with Crippen molar-refractivity contribution in [3.8, 4) is 5.69 Å². The fourth-order valence-corrected chi connectivity index (χ4v) is 2.12. The number of aromatic nitrogens is 2. The lowest BCUT2D eigenvalue weighted by atomic mass is 10.2. The molecule has 1 aromatic heterocycles. The number of aryl methyl sites for hydroxylation is 1. The van der Waals surface area contributed by atoms with E-state index in [9.17, 15) is 9.59 Å². The first kappa shape index (κ1) is 16.0. The number of aliphatic imine (C=N–C) groups is 1. The number of carboxylic acids is 1. The van der Waals surface area contributed by atoms with Gasteiger partial charge in [-0.1, -0.05) is 18.5 Å². The van der Waals surface area contributed by atoms with E-state index in [0.29, 0.717) is 28.4 Å². The Morgan fingerprint density at radius 2 is 2.09 bits per heavy atom. The molecule has 2 N–H and O–H groups in total. The largest absolute Gasteiger partial charge is 0.480 e. The minimum Gasteiger partial charge on any atom is -0.480 e. The van der Waals surface area contributed by atoms with E-state index in [2.05, 4.69) is 10.1 Å². The van der Waals surface area contributed by atoms with Crippen LogP contribution in [0.25, 0.3) is 5.69 Å². The predicted molar refractivity (Wildman–Crippen MR) is 85.4 cm³/mol. The zero-order chi connectivity index (χ0) is 16.3. The lowest BCUT2D eigenvalue weighted by molar-refractivity contribution is -0.138. The molecule has 0 saturated carbocycles. The zero-order valence-electron chi connectivity index (χ0n) is 12.2. The average molecular weight is 322 g/mol. The van der Waals surface area contributed by atoms with E-state index in [0.717, 1.165) is 0 Å². The van der Waals surface area contributed by atoms with Gasteiger partial charge >= 0.3 is 5.97 Å². The molecule has 2 rings (SSSR count). The molecule has 1 aromatic carbocycles. The standard InChI is InChI=1S/C15H16ClN3O3/c1-3-13(15(21)22)17-8-12-9(2)18-19(14(12)20)11-6-4-10(16)5-7-11/h4-8,13,18H,3H2,1-2H3,(H,21,22)/t13-/m1/s1. The second kappa shape index (κ2) is 6.62. The quantitative estimate of drug-likeness (QED) is 0.829. The minimum atomic E-state index is -1.01. The normalized spacial score (nSPS) is 12.7. The van der Waals surface area contributed by atoms with Crippen LogP contribution in [-0.2, 0) is 4.79 Å². The molecule has 0 spiro atoms. The molecule has 116 valence electrons. The number of nitrogens with zero attached hydrogens (tertiary/aromatic N) is 2. The van der Waals surface area contributed by atoms with Gasteiger partial charge in [-0.2, -0.15) is 0 Å². The van der Waals surface area contributed by atoms with Crippen molar-refractivity contribution in [1.29, 1.82) is 0 Å². The summed E-state index contributed by atoms with van der Waals surface area (Å²) in [5.74, 6) is -1.01. The highest BCUT2D eigenvalue weighted by Gasteiger charge is 2.14.